The molecule has 0 saturated heterocycles. The Morgan fingerprint density at radius 3 is 1.61 bits per heavy atom. The molecule has 0 aliphatic carbocycles. The Bertz CT molecular complexity index is 1840. The third kappa shape index (κ3) is 7.87. The van der Waals surface area contributed by atoms with Crippen LogP contribution in [-0.4, -0.2) is 9.97 Å². The van der Waals surface area contributed by atoms with Gasteiger partial charge >= 0.3 is 0 Å². The van der Waals surface area contributed by atoms with E-state index in [-0.39, 0.29) is 0 Å². The molecule has 234 valence electrons. The topological polar surface area (TPSA) is 31.6 Å². The van der Waals surface area contributed by atoms with Gasteiger partial charge in [-0.25, -0.2) is 0 Å². The lowest BCUT2D eigenvalue weighted by Crippen LogP contribution is -2.07. The van der Waals surface area contributed by atoms with Crippen LogP contribution in [0, 0.1) is 10.4 Å². The van der Waals surface area contributed by atoms with Gasteiger partial charge in [0.05, 0.1) is 0 Å². The van der Waals surface area contributed by atoms with Crippen molar-refractivity contribution in [1.82, 2.24) is 9.97 Å². The van der Waals surface area contributed by atoms with Crippen LogP contribution in [0.5, 0.6) is 0 Å². The van der Waals surface area contributed by atoms with Crippen molar-refractivity contribution < 1.29 is 0 Å². The van der Waals surface area contributed by atoms with Crippen LogP contribution in [0.2, 0.25) is 0 Å². The molecule has 2 heteroatoms. The Balaban J connectivity index is 1.22. The quantitative estimate of drug-likeness (QED) is 0.0754. The van der Waals surface area contributed by atoms with E-state index in [1.807, 2.05) is 0 Å². The number of unbranched alkanes of at least 4 members (excludes halogenated alkanes) is 14. The van der Waals surface area contributed by atoms with Crippen LogP contribution in [0.3, 0.4) is 0 Å². The number of H-pyrrole nitrogens is 2. The molecule has 2 heterocycles. The maximum absolute atomic E-state index is 4.58. The maximum atomic E-state index is 4.58. The zero-order valence-corrected chi connectivity index (χ0v) is 27.8. The molecule has 0 unspecified atom stereocenters. The molecule has 0 amide bonds. The summed E-state index contributed by atoms with van der Waals surface area (Å²) in [5, 5.41) is 10.9. The summed E-state index contributed by atoms with van der Waals surface area (Å²) >= 11 is 0. The van der Waals surface area contributed by atoms with Crippen LogP contribution in [0.25, 0.3) is 45.6 Å². The van der Waals surface area contributed by atoms with E-state index in [9.17, 15) is 0 Å². The van der Waals surface area contributed by atoms with Gasteiger partial charge in [0.15, 0.2) is 0 Å². The van der Waals surface area contributed by atoms with E-state index in [1.54, 1.807) is 0 Å². The van der Waals surface area contributed by atoms with E-state index in [2.05, 4.69) is 85.5 Å². The molecule has 0 fully saturated rings. The predicted octanol–water partition coefficient (Wildman–Crippen LogP) is 11.3. The molecule has 5 aromatic rings. The maximum Gasteiger partial charge on any atom is 0.0462 e. The highest BCUT2D eigenvalue weighted by molar-refractivity contribution is 6.16. The van der Waals surface area contributed by atoms with Gasteiger partial charge in [0.25, 0.3) is 0 Å². The van der Waals surface area contributed by atoms with E-state index in [0.717, 1.165) is 23.4 Å². The summed E-state index contributed by atoms with van der Waals surface area (Å²) in [6.07, 6.45) is 24.1. The standard InChI is InChI=1S/C42H56N2/c1-5-7-9-10-11-12-13-14-15-16-17-18-20-22-33-29-40(32(4)43-33)36-24-25-37-35(31(36)3)23-26-39-38(37)27-28-42-41(39)30-34(44-42)21-19-8-6-2/h23-30,43-44H,3-22H2,1-2H3/b40-36-. The van der Waals surface area contributed by atoms with Crippen molar-refractivity contribution in [1.29, 1.82) is 0 Å². The van der Waals surface area contributed by atoms with Crippen molar-refractivity contribution in [3.05, 3.63) is 80.9 Å². The molecule has 2 nitrogen and oxygen atoms in total. The molecule has 2 aromatic heterocycles. The molecule has 0 atom stereocenters. The molecule has 0 bridgehead atoms. The molecule has 3 aromatic carbocycles. The van der Waals surface area contributed by atoms with Crippen LogP contribution >= 0.6 is 0 Å². The fourth-order valence-corrected chi connectivity index (χ4v) is 7.17. The van der Waals surface area contributed by atoms with Gasteiger partial charge in [-0.05, 0) is 75.9 Å². The Morgan fingerprint density at radius 2 is 0.932 bits per heavy atom. The Labute approximate surface area is 265 Å². The summed E-state index contributed by atoms with van der Waals surface area (Å²) in [6, 6.07) is 18.3. The van der Waals surface area contributed by atoms with Gasteiger partial charge in [0, 0.05) is 32.9 Å². The van der Waals surface area contributed by atoms with Gasteiger partial charge in [0.2, 0.25) is 0 Å². The molecular formula is C42H56N2. The number of benzene rings is 3. The second-order valence-electron chi connectivity index (χ2n) is 13.3. The minimum Gasteiger partial charge on any atom is -0.359 e. The molecule has 0 aliphatic heterocycles. The number of aromatic amines is 2. The normalized spacial score (nSPS) is 12.7. The number of rotatable bonds is 18. The highest BCUT2D eigenvalue weighted by Gasteiger charge is 2.09. The first-order valence-corrected chi connectivity index (χ1v) is 18.0. The highest BCUT2D eigenvalue weighted by atomic mass is 14.7. The summed E-state index contributed by atoms with van der Waals surface area (Å²) < 4.78 is 0. The molecule has 5 rings (SSSR count). The molecular weight excluding hydrogens is 532 g/mol. The smallest absolute Gasteiger partial charge is 0.0462 e. The summed E-state index contributed by atoms with van der Waals surface area (Å²) in [6.45, 7) is 13.5. The average Bonchev–Trinajstić information content (AvgIpc) is 3.62. The van der Waals surface area contributed by atoms with Gasteiger partial charge in [-0.1, -0.05) is 147 Å². The Morgan fingerprint density at radius 1 is 0.455 bits per heavy atom. The van der Waals surface area contributed by atoms with Crippen molar-refractivity contribution in [2.75, 3.05) is 0 Å². The van der Waals surface area contributed by atoms with Crippen LogP contribution in [0.15, 0.2) is 48.5 Å². The first-order chi connectivity index (χ1) is 21.6. The van der Waals surface area contributed by atoms with E-state index in [0.29, 0.717) is 0 Å². The highest BCUT2D eigenvalue weighted by Crippen LogP contribution is 2.31. The zero-order valence-electron chi connectivity index (χ0n) is 27.8. The van der Waals surface area contributed by atoms with Crippen LogP contribution in [-0.2, 0) is 12.8 Å². The lowest BCUT2D eigenvalue weighted by molar-refractivity contribution is 0.539. The molecule has 0 aliphatic rings. The monoisotopic (exact) mass is 588 g/mol. The molecule has 0 radical (unpaired) electrons. The second-order valence-corrected chi connectivity index (χ2v) is 13.3. The van der Waals surface area contributed by atoms with Crippen LogP contribution in [0.4, 0.5) is 0 Å². The van der Waals surface area contributed by atoms with Gasteiger partial charge < -0.3 is 9.97 Å². The number of hydrogen-bond donors (Lipinski definition) is 2. The summed E-state index contributed by atoms with van der Waals surface area (Å²) in [4.78, 5) is 7.25. The number of hydrogen-bond acceptors (Lipinski definition) is 0. The SMILES string of the molecule is C=c1[nH]c(CCCCCCCCCCCCCCC)c/c1=c1\ccc2c(ccc3c4cc(CCCCC)[nH]c4ccc23)c1=C. The first-order valence-electron chi connectivity index (χ1n) is 18.0. The fraction of sp³-hybridized carbons (Fsp3) is 0.476. The third-order valence-electron chi connectivity index (χ3n) is 9.81. The van der Waals surface area contributed by atoms with Gasteiger partial charge in [0.1, 0.15) is 0 Å². The summed E-state index contributed by atoms with van der Waals surface area (Å²) in [5.41, 5.74) is 3.88. The summed E-state index contributed by atoms with van der Waals surface area (Å²) in [5.74, 6) is 0. The molecule has 0 spiro atoms. The van der Waals surface area contributed by atoms with E-state index in [4.69, 9.17) is 0 Å². The second kappa shape index (κ2) is 16.2. The lowest BCUT2D eigenvalue weighted by Gasteiger charge is -2.06. The van der Waals surface area contributed by atoms with Crippen molar-refractivity contribution >= 4 is 45.6 Å². The van der Waals surface area contributed by atoms with Gasteiger partial charge in [-0.2, -0.15) is 0 Å². The third-order valence-corrected chi connectivity index (χ3v) is 9.81. The van der Waals surface area contributed by atoms with Gasteiger partial charge in [-0.3, -0.25) is 0 Å². The van der Waals surface area contributed by atoms with E-state index < -0.39 is 0 Å². The first kappa shape index (κ1) is 32.1. The fourth-order valence-electron chi connectivity index (χ4n) is 7.17. The van der Waals surface area contributed by atoms with Crippen molar-refractivity contribution in [3.8, 4) is 0 Å². The predicted molar refractivity (Wildman–Crippen MR) is 195 cm³/mol. The number of aromatic nitrogens is 2. The van der Waals surface area contributed by atoms with Crippen LogP contribution < -0.4 is 10.6 Å². The average molecular weight is 589 g/mol. The lowest BCUT2D eigenvalue weighted by atomic mass is 9.97. The van der Waals surface area contributed by atoms with Crippen molar-refractivity contribution in [3.63, 3.8) is 0 Å². The molecule has 44 heavy (non-hydrogen) atoms. The minimum absolute atomic E-state index is 1.00. The molecule has 0 saturated carbocycles. The van der Waals surface area contributed by atoms with Gasteiger partial charge in [-0.15, -0.1) is 0 Å². The summed E-state index contributed by atoms with van der Waals surface area (Å²) in [7, 11) is 0. The number of nitrogens with one attached hydrogen (secondary N) is 2. The Hall–Kier alpha value is -3.26. The largest absolute Gasteiger partial charge is 0.359 e. The zero-order chi connectivity index (χ0) is 30.7. The van der Waals surface area contributed by atoms with E-state index in [1.165, 1.54) is 157 Å². The Kier molecular flexibility index (Phi) is 11.8. The number of fused-ring (bicyclic) bond motifs is 5. The van der Waals surface area contributed by atoms with Crippen molar-refractivity contribution in [2.24, 2.45) is 0 Å². The minimum atomic E-state index is 1.00. The van der Waals surface area contributed by atoms with Crippen molar-refractivity contribution in [2.45, 2.75) is 129 Å². The van der Waals surface area contributed by atoms with E-state index >= 15 is 0 Å². The number of aryl methyl sites for hydroxylation is 2. The molecule has 2 N–H and O–H groups in total. The van der Waals surface area contributed by atoms with Crippen LogP contribution in [0.1, 0.15) is 128 Å².